The summed E-state index contributed by atoms with van der Waals surface area (Å²) in [7, 11) is 1.74. The van der Waals surface area contributed by atoms with Crippen LogP contribution < -0.4 is 0 Å². The van der Waals surface area contributed by atoms with Crippen LogP contribution in [0.2, 0.25) is 5.15 Å². The van der Waals surface area contributed by atoms with E-state index in [1.165, 1.54) is 0 Å². The van der Waals surface area contributed by atoms with E-state index in [0.717, 1.165) is 10.6 Å². The maximum atomic E-state index is 12.1. The van der Waals surface area contributed by atoms with Gasteiger partial charge in [0.2, 0.25) is 0 Å². The van der Waals surface area contributed by atoms with Gasteiger partial charge in [-0.05, 0) is 19.1 Å². The molecular weight excluding hydrogens is 270 g/mol. The Labute approximate surface area is 114 Å². The number of amides is 1. The van der Waals surface area contributed by atoms with Crippen molar-refractivity contribution < 1.29 is 4.79 Å². The number of hydrogen-bond donors (Lipinski definition) is 0. The molecule has 0 aromatic carbocycles. The zero-order chi connectivity index (χ0) is 13.1. The number of rotatable bonds is 3. The van der Waals surface area contributed by atoms with Gasteiger partial charge < -0.3 is 4.90 Å². The molecule has 0 aliphatic rings. The van der Waals surface area contributed by atoms with E-state index in [9.17, 15) is 4.79 Å². The number of pyridine rings is 1. The molecule has 2 aromatic heterocycles. The minimum absolute atomic E-state index is 0.148. The van der Waals surface area contributed by atoms with Gasteiger partial charge in [0.25, 0.3) is 5.91 Å². The SMILES string of the molecule is Cc1ncsc1CN(C)C(=O)c1cccc(Cl)n1. The van der Waals surface area contributed by atoms with Crippen LogP contribution in [0, 0.1) is 6.92 Å². The highest BCUT2D eigenvalue weighted by atomic mass is 35.5. The molecule has 0 atom stereocenters. The number of carbonyl (C=O) groups excluding carboxylic acids is 1. The van der Waals surface area contributed by atoms with Crippen molar-refractivity contribution in [3.8, 4) is 0 Å². The molecule has 0 bridgehead atoms. The Morgan fingerprint density at radius 2 is 2.28 bits per heavy atom. The summed E-state index contributed by atoms with van der Waals surface area (Å²) in [5.41, 5.74) is 3.09. The van der Waals surface area contributed by atoms with E-state index in [2.05, 4.69) is 9.97 Å². The fraction of sp³-hybridized carbons (Fsp3) is 0.250. The van der Waals surface area contributed by atoms with Crippen LogP contribution in [0.25, 0.3) is 0 Å². The molecule has 2 heterocycles. The Hall–Kier alpha value is -1.46. The highest BCUT2D eigenvalue weighted by Crippen LogP contribution is 2.15. The van der Waals surface area contributed by atoms with Crippen LogP contribution in [0.4, 0.5) is 0 Å². The zero-order valence-corrected chi connectivity index (χ0v) is 11.6. The Morgan fingerprint density at radius 1 is 1.50 bits per heavy atom. The lowest BCUT2D eigenvalue weighted by molar-refractivity contribution is 0.0780. The standard InChI is InChI=1S/C12H12ClN3OS/c1-8-10(18-7-14-8)6-16(2)12(17)9-4-3-5-11(13)15-9/h3-5,7H,6H2,1-2H3. The molecule has 2 aromatic rings. The quantitative estimate of drug-likeness (QED) is 0.813. The summed E-state index contributed by atoms with van der Waals surface area (Å²) in [5, 5.41) is 0.322. The van der Waals surface area contributed by atoms with E-state index in [1.54, 1.807) is 47.0 Å². The zero-order valence-electron chi connectivity index (χ0n) is 10.1. The summed E-state index contributed by atoms with van der Waals surface area (Å²) < 4.78 is 0. The van der Waals surface area contributed by atoms with Crippen molar-refractivity contribution in [3.63, 3.8) is 0 Å². The third kappa shape index (κ3) is 2.86. The third-order valence-electron chi connectivity index (χ3n) is 2.51. The molecule has 0 saturated carbocycles. The lowest BCUT2D eigenvalue weighted by Gasteiger charge is -2.16. The summed E-state index contributed by atoms with van der Waals surface area (Å²) in [6.07, 6.45) is 0. The second-order valence-electron chi connectivity index (χ2n) is 3.87. The van der Waals surface area contributed by atoms with Gasteiger partial charge in [-0.1, -0.05) is 17.7 Å². The Kier molecular flexibility index (Phi) is 3.93. The van der Waals surface area contributed by atoms with Gasteiger partial charge in [-0.3, -0.25) is 4.79 Å². The number of carbonyl (C=O) groups is 1. The smallest absolute Gasteiger partial charge is 0.272 e. The van der Waals surface area contributed by atoms with Gasteiger partial charge in [0.15, 0.2) is 0 Å². The van der Waals surface area contributed by atoms with Crippen molar-refractivity contribution in [2.24, 2.45) is 0 Å². The minimum atomic E-state index is -0.148. The van der Waals surface area contributed by atoms with Crippen LogP contribution in [0.15, 0.2) is 23.7 Å². The van der Waals surface area contributed by atoms with Crippen LogP contribution in [0.1, 0.15) is 21.1 Å². The monoisotopic (exact) mass is 281 g/mol. The first-order chi connectivity index (χ1) is 8.58. The average molecular weight is 282 g/mol. The van der Waals surface area contributed by atoms with Crippen LogP contribution in [0.3, 0.4) is 0 Å². The second-order valence-corrected chi connectivity index (χ2v) is 5.19. The van der Waals surface area contributed by atoms with Crippen LogP contribution in [-0.4, -0.2) is 27.8 Å². The Bertz CT molecular complexity index is 570. The first kappa shape index (κ1) is 13.0. The van der Waals surface area contributed by atoms with Crippen molar-refractivity contribution in [2.75, 3.05) is 7.05 Å². The molecule has 2 rings (SSSR count). The fourth-order valence-corrected chi connectivity index (χ4v) is 2.48. The van der Waals surface area contributed by atoms with E-state index in [0.29, 0.717) is 17.4 Å². The van der Waals surface area contributed by atoms with Crippen molar-refractivity contribution in [3.05, 3.63) is 45.1 Å². The molecule has 0 fully saturated rings. The predicted octanol–water partition coefficient (Wildman–Crippen LogP) is 2.77. The molecule has 4 nitrogen and oxygen atoms in total. The molecule has 0 unspecified atom stereocenters. The topological polar surface area (TPSA) is 46.1 Å². The fourth-order valence-electron chi connectivity index (χ4n) is 1.49. The first-order valence-electron chi connectivity index (χ1n) is 5.35. The van der Waals surface area contributed by atoms with Crippen molar-refractivity contribution >= 4 is 28.8 Å². The summed E-state index contributed by atoms with van der Waals surface area (Å²) in [6, 6.07) is 5.02. The minimum Gasteiger partial charge on any atom is -0.335 e. The number of aromatic nitrogens is 2. The molecule has 0 aliphatic heterocycles. The molecule has 0 spiro atoms. The van der Waals surface area contributed by atoms with Gasteiger partial charge >= 0.3 is 0 Å². The van der Waals surface area contributed by atoms with Gasteiger partial charge in [-0.25, -0.2) is 9.97 Å². The molecule has 6 heteroatoms. The maximum Gasteiger partial charge on any atom is 0.272 e. The van der Waals surface area contributed by atoms with E-state index < -0.39 is 0 Å². The molecule has 1 amide bonds. The van der Waals surface area contributed by atoms with Crippen LogP contribution >= 0.6 is 22.9 Å². The lowest BCUT2D eigenvalue weighted by atomic mass is 10.3. The number of aryl methyl sites for hydroxylation is 1. The van der Waals surface area contributed by atoms with E-state index >= 15 is 0 Å². The third-order valence-corrected chi connectivity index (χ3v) is 3.64. The Morgan fingerprint density at radius 3 is 2.89 bits per heavy atom. The van der Waals surface area contributed by atoms with Crippen molar-refractivity contribution in [2.45, 2.75) is 13.5 Å². The van der Waals surface area contributed by atoms with Crippen molar-refractivity contribution in [1.29, 1.82) is 0 Å². The Balaban J connectivity index is 2.12. The molecule has 94 valence electrons. The summed E-state index contributed by atoms with van der Waals surface area (Å²) in [5.74, 6) is -0.148. The maximum absolute atomic E-state index is 12.1. The van der Waals surface area contributed by atoms with Gasteiger partial charge in [-0.15, -0.1) is 11.3 Å². The highest BCUT2D eigenvalue weighted by molar-refractivity contribution is 7.09. The molecule has 0 saturated heterocycles. The van der Waals surface area contributed by atoms with Gasteiger partial charge in [-0.2, -0.15) is 0 Å². The van der Waals surface area contributed by atoms with Gasteiger partial charge in [0.05, 0.1) is 17.7 Å². The van der Waals surface area contributed by atoms with E-state index in [1.807, 2.05) is 6.92 Å². The predicted molar refractivity (Wildman–Crippen MR) is 71.9 cm³/mol. The molecule has 0 aliphatic carbocycles. The van der Waals surface area contributed by atoms with E-state index in [4.69, 9.17) is 11.6 Å². The van der Waals surface area contributed by atoms with E-state index in [-0.39, 0.29) is 5.91 Å². The average Bonchev–Trinajstić information content (AvgIpc) is 2.74. The largest absolute Gasteiger partial charge is 0.335 e. The van der Waals surface area contributed by atoms with Crippen molar-refractivity contribution in [1.82, 2.24) is 14.9 Å². The number of halogens is 1. The molecule has 0 radical (unpaired) electrons. The first-order valence-corrected chi connectivity index (χ1v) is 6.60. The van der Waals surface area contributed by atoms with Gasteiger partial charge in [0, 0.05) is 11.9 Å². The number of hydrogen-bond acceptors (Lipinski definition) is 4. The molecular formula is C12H12ClN3OS. The summed E-state index contributed by atoms with van der Waals surface area (Å²) in [6.45, 7) is 2.46. The summed E-state index contributed by atoms with van der Waals surface area (Å²) in [4.78, 5) is 23.0. The number of nitrogens with zero attached hydrogens (tertiary/aromatic N) is 3. The van der Waals surface area contributed by atoms with Crippen LogP contribution in [0.5, 0.6) is 0 Å². The second kappa shape index (κ2) is 5.46. The normalized spacial score (nSPS) is 10.4. The number of thiazole rings is 1. The van der Waals surface area contributed by atoms with Crippen LogP contribution in [-0.2, 0) is 6.54 Å². The van der Waals surface area contributed by atoms with Gasteiger partial charge in [0.1, 0.15) is 10.8 Å². The lowest BCUT2D eigenvalue weighted by Crippen LogP contribution is -2.26. The molecule has 18 heavy (non-hydrogen) atoms. The highest BCUT2D eigenvalue weighted by Gasteiger charge is 2.15. The summed E-state index contributed by atoms with van der Waals surface area (Å²) >= 11 is 7.31. The molecule has 0 N–H and O–H groups in total.